The van der Waals surface area contributed by atoms with Gasteiger partial charge in [-0.25, -0.2) is 13.8 Å². The fraction of sp³-hybridized carbons (Fsp3) is 0.103. The molecule has 0 aliphatic carbocycles. The third-order valence-corrected chi connectivity index (χ3v) is 7.43. The number of carbonyl (C=O) groups is 3. The highest BCUT2D eigenvalue weighted by Gasteiger charge is 2.26. The lowest BCUT2D eigenvalue weighted by molar-refractivity contribution is -0.136. The zero-order valence-corrected chi connectivity index (χ0v) is 22.6. The number of benzene rings is 3. The summed E-state index contributed by atoms with van der Waals surface area (Å²) in [5, 5.41) is 8.79. The molecule has 4 rings (SSSR count). The predicted octanol–water partition coefficient (Wildman–Crippen LogP) is 2.88. The van der Waals surface area contributed by atoms with Crippen molar-refractivity contribution >= 4 is 39.6 Å². The fourth-order valence-corrected chi connectivity index (χ4v) is 5.04. The molecule has 0 atom stereocenters. The minimum Gasteiger partial charge on any atom is -0.458 e. The van der Waals surface area contributed by atoms with Crippen LogP contribution in [0.2, 0.25) is 0 Å². The maximum Gasteiger partial charge on any atom is 0.313 e. The van der Waals surface area contributed by atoms with Crippen molar-refractivity contribution in [3.8, 4) is 0 Å². The maximum atomic E-state index is 13.3. The Bertz CT molecular complexity index is 1610. The van der Waals surface area contributed by atoms with Gasteiger partial charge in [0.25, 0.3) is 5.91 Å². The van der Waals surface area contributed by atoms with E-state index >= 15 is 0 Å². The first-order valence-electron chi connectivity index (χ1n) is 12.5. The summed E-state index contributed by atoms with van der Waals surface area (Å²) in [5.41, 5.74) is 3.52. The van der Waals surface area contributed by atoms with Gasteiger partial charge in [-0.15, -0.1) is 0 Å². The van der Waals surface area contributed by atoms with Crippen molar-refractivity contribution in [3.05, 3.63) is 120 Å². The average Bonchev–Trinajstić information content (AvgIpc) is 3.44. The number of hydrazone groups is 1. The minimum atomic E-state index is -3.97. The van der Waals surface area contributed by atoms with Gasteiger partial charge in [-0.3, -0.25) is 14.4 Å². The zero-order chi connectivity index (χ0) is 29.1. The van der Waals surface area contributed by atoms with Crippen molar-refractivity contribution in [2.24, 2.45) is 5.10 Å². The van der Waals surface area contributed by atoms with E-state index in [0.717, 1.165) is 9.87 Å². The fourth-order valence-electron chi connectivity index (χ4n) is 3.63. The molecule has 0 aliphatic rings. The first-order valence-corrected chi connectivity index (χ1v) is 13.9. The summed E-state index contributed by atoms with van der Waals surface area (Å²) in [5.74, 6) is -1.69. The van der Waals surface area contributed by atoms with Crippen LogP contribution < -0.4 is 16.1 Å². The highest BCUT2D eigenvalue weighted by Crippen LogP contribution is 2.18. The van der Waals surface area contributed by atoms with E-state index in [4.69, 9.17) is 4.42 Å². The molecular formula is C29H27N5O6S. The molecule has 0 spiro atoms. The summed E-state index contributed by atoms with van der Waals surface area (Å²) in [7, 11) is -3.97. The molecule has 3 N–H and O–H groups in total. The Hall–Kier alpha value is -5.07. The van der Waals surface area contributed by atoms with Crippen LogP contribution in [0.1, 0.15) is 17.1 Å². The van der Waals surface area contributed by atoms with E-state index in [1.807, 2.05) is 6.07 Å². The summed E-state index contributed by atoms with van der Waals surface area (Å²) in [4.78, 5) is 36.8. The molecule has 0 saturated carbocycles. The monoisotopic (exact) mass is 573 g/mol. The summed E-state index contributed by atoms with van der Waals surface area (Å²) >= 11 is 0. The van der Waals surface area contributed by atoms with E-state index < -0.39 is 34.3 Å². The van der Waals surface area contributed by atoms with E-state index in [1.54, 1.807) is 84.9 Å². The van der Waals surface area contributed by atoms with Crippen LogP contribution in [-0.2, 0) is 37.5 Å². The molecular weight excluding hydrogens is 546 g/mol. The average molecular weight is 574 g/mol. The van der Waals surface area contributed by atoms with Gasteiger partial charge in [-0.1, -0.05) is 66.7 Å². The first kappa shape index (κ1) is 28.9. The largest absolute Gasteiger partial charge is 0.458 e. The SMILES string of the molecule is O=C(CN(Cc1ccccc1)S(=O)(=O)c1ccccc1)N/N=C\c1ccc(CNC(=O)C(=O)Nc2ccccc2)o1. The number of furan rings is 1. The highest BCUT2D eigenvalue weighted by atomic mass is 32.2. The standard InChI is InChI=1S/C29H27N5O6S/c35-27(21-34(20-22-10-4-1-5-11-22)41(38,39)26-14-8-3-9-15-26)33-31-19-25-17-16-24(40-25)18-30-28(36)29(37)32-23-12-6-2-7-13-23/h1-17,19H,18,20-21H2,(H,30,36)(H,32,37)(H,33,35)/b31-19-. The van der Waals surface area contributed by atoms with Gasteiger partial charge in [-0.05, 0) is 42.0 Å². The van der Waals surface area contributed by atoms with Gasteiger partial charge in [-0.2, -0.15) is 9.41 Å². The molecule has 0 saturated heterocycles. The molecule has 3 aromatic carbocycles. The molecule has 0 unspecified atom stereocenters. The second-order valence-electron chi connectivity index (χ2n) is 8.67. The smallest absolute Gasteiger partial charge is 0.313 e. The lowest BCUT2D eigenvalue weighted by Gasteiger charge is -2.21. The van der Waals surface area contributed by atoms with Crippen molar-refractivity contribution in [1.29, 1.82) is 0 Å². The van der Waals surface area contributed by atoms with E-state index in [-0.39, 0.29) is 23.7 Å². The van der Waals surface area contributed by atoms with Gasteiger partial charge >= 0.3 is 11.8 Å². The Morgan fingerprint density at radius 1 is 0.805 bits per heavy atom. The van der Waals surface area contributed by atoms with Crippen molar-refractivity contribution in [1.82, 2.24) is 15.0 Å². The Kier molecular flexibility index (Phi) is 9.75. The van der Waals surface area contributed by atoms with Crippen LogP contribution >= 0.6 is 0 Å². The number of nitrogens with one attached hydrogen (secondary N) is 3. The van der Waals surface area contributed by atoms with Crippen LogP contribution in [0.25, 0.3) is 0 Å². The van der Waals surface area contributed by atoms with E-state index in [2.05, 4.69) is 21.2 Å². The van der Waals surface area contributed by atoms with Crippen LogP contribution in [0.3, 0.4) is 0 Å². The molecule has 11 nitrogen and oxygen atoms in total. The highest BCUT2D eigenvalue weighted by molar-refractivity contribution is 7.89. The molecule has 1 heterocycles. The van der Waals surface area contributed by atoms with Crippen molar-refractivity contribution in [2.45, 2.75) is 18.0 Å². The van der Waals surface area contributed by atoms with Gasteiger partial charge < -0.3 is 15.1 Å². The van der Waals surface area contributed by atoms with Gasteiger partial charge in [0.1, 0.15) is 11.5 Å². The molecule has 0 fully saturated rings. The molecule has 0 radical (unpaired) electrons. The minimum absolute atomic E-state index is 0.00810. The van der Waals surface area contributed by atoms with Crippen molar-refractivity contribution in [2.75, 3.05) is 11.9 Å². The number of carbonyl (C=O) groups excluding carboxylic acids is 3. The molecule has 3 amide bonds. The van der Waals surface area contributed by atoms with Crippen LogP contribution in [-0.4, -0.2) is 43.2 Å². The Morgan fingerprint density at radius 2 is 1.44 bits per heavy atom. The third kappa shape index (κ3) is 8.46. The number of amides is 3. The number of rotatable bonds is 11. The lowest BCUT2D eigenvalue weighted by atomic mass is 10.2. The van der Waals surface area contributed by atoms with E-state index in [9.17, 15) is 22.8 Å². The molecule has 41 heavy (non-hydrogen) atoms. The number of hydrogen-bond donors (Lipinski definition) is 3. The van der Waals surface area contributed by atoms with Gasteiger partial charge in [0, 0.05) is 12.2 Å². The normalized spacial score (nSPS) is 11.3. The number of para-hydroxylation sites is 1. The molecule has 210 valence electrons. The maximum absolute atomic E-state index is 13.3. The number of anilines is 1. The molecule has 4 aromatic rings. The second kappa shape index (κ2) is 13.8. The topological polar surface area (TPSA) is 150 Å². The molecule has 1 aromatic heterocycles. The Labute approximate surface area is 236 Å². The van der Waals surface area contributed by atoms with E-state index in [1.165, 1.54) is 18.3 Å². The molecule has 12 heteroatoms. The summed E-state index contributed by atoms with van der Waals surface area (Å²) < 4.78 is 33.1. The first-order chi connectivity index (χ1) is 19.8. The van der Waals surface area contributed by atoms with Gasteiger partial charge in [0.05, 0.1) is 24.2 Å². The van der Waals surface area contributed by atoms with Gasteiger partial charge in [0.15, 0.2) is 0 Å². The van der Waals surface area contributed by atoms with Gasteiger partial charge in [0.2, 0.25) is 10.0 Å². The molecule has 0 bridgehead atoms. The number of nitrogens with zero attached hydrogens (tertiary/aromatic N) is 2. The second-order valence-corrected chi connectivity index (χ2v) is 10.6. The Morgan fingerprint density at radius 3 is 2.12 bits per heavy atom. The van der Waals surface area contributed by atoms with E-state index in [0.29, 0.717) is 11.4 Å². The van der Waals surface area contributed by atoms with Crippen LogP contribution in [0.15, 0.2) is 118 Å². The zero-order valence-electron chi connectivity index (χ0n) is 21.8. The number of sulfonamides is 1. The van der Waals surface area contributed by atoms with Crippen LogP contribution in [0, 0.1) is 0 Å². The lowest BCUT2D eigenvalue weighted by Crippen LogP contribution is -2.39. The third-order valence-electron chi connectivity index (χ3n) is 5.63. The van der Waals surface area contributed by atoms with Crippen LogP contribution in [0.4, 0.5) is 5.69 Å². The quantitative estimate of drug-likeness (QED) is 0.143. The van der Waals surface area contributed by atoms with Crippen LogP contribution in [0.5, 0.6) is 0 Å². The molecule has 0 aliphatic heterocycles. The summed E-state index contributed by atoms with van der Waals surface area (Å²) in [6.07, 6.45) is 1.23. The Balaban J connectivity index is 1.31. The number of hydrogen-bond acceptors (Lipinski definition) is 7. The van der Waals surface area contributed by atoms with Crippen molar-refractivity contribution in [3.63, 3.8) is 0 Å². The summed E-state index contributed by atoms with van der Waals surface area (Å²) in [6, 6.07) is 28.5. The van der Waals surface area contributed by atoms with Crippen molar-refractivity contribution < 1.29 is 27.2 Å². The predicted molar refractivity (Wildman–Crippen MR) is 152 cm³/mol. The summed E-state index contributed by atoms with van der Waals surface area (Å²) in [6.45, 7) is -0.525.